The van der Waals surface area contributed by atoms with E-state index in [1.165, 1.54) is 4.68 Å². The standard InChI is InChI=1S/C18H23ClN6O2/c1-12-3-4-23(8-12)17(26)15-10-22(2)11-16-21-24(18(27)25(15)16)9-13-5-14(19)7-20-6-13/h5-7,12,15H,3-4,8-11H2,1-2H3/t12-,15?/m0/s1. The van der Waals surface area contributed by atoms with Crippen LogP contribution in [0.5, 0.6) is 0 Å². The van der Waals surface area contributed by atoms with Crippen LogP contribution < -0.4 is 5.69 Å². The average Bonchev–Trinajstić information content (AvgIpc) is 3.18. The summed E-state index contributed by atoms with van der Waals surface area (Å²) in [6.45, 7) is 4.99. The Bertz CT molecular complexity index is 923. The lowest BCUT2D eigenvalue weighted by Gasteiger charge is -2.32. The van der Waals surface area contributed by atoms with Crippen LogP contribution in [0, 0.1) is 5.92 Å². The molecule has 2 atom stereocenters. The Balaban J connectivity index is 1.66. The number of nitrogens with zero attached hydrogens (tertiary/aromatic N) is 6. The number of carbonyl (C=O) groups is 1. The molecule has 1 saturated heterocycles. The largest absolute Gasteiger partial charge is 0.347 e. The first-order valence-corrected chi connectivity index (χ1v) is 9.55. The second-order valence-electron chi connectivity index (χ2n) is 7.63. The number of likely N-dealkylation sites (tertiary alicyclic amines) is 1. The molecule has 8 nitrogen and oxygen atoms in total. The molecule has 1 fully saturated rings. The summed E-state index contributed by atoms with van der Waals surface area (Å²) in [5.41, 5.74) is 0.535. The molecule has 4 heterocycles. The number of carbonyl (C=O) groups excluding carboxylic acids is 1. The van der Waals surface area contributed by atoms with E-state index in [0.29, 0.717) is 29.9 Å². The van der Waals surface area contributed by atoms with Gasteiger partial charge in [-0.05, 0) is 31.0 Å². The van der Waals surface area contributed by atoms with Crippen molar-refractivity contribution in [3.8, 4) is 0 Å². The normalized spacial score (nSPS) is 22.9. The van der Waals surface area contributed by atoms with Crippen molar-refractivity contribution in [2.75, 3.05) is 26.7 Å². The third-order valence-electron chi connectivity index (χ3n) is 5.26. The molecule has 0 aromatic carbocycles. The fraction of sp³-hybridized carbons (Fsp3) is 0.556. The van der Waals surface area contributed by atoms with Gasteiger partial charge in [0.15, 0.2) is 0 Å². The number of hydrogen-bond acceptors (Lipinski definition) is 5. The molecule has 0 spiro atoms. The van der Waals surface area contributed by atoms with Gasteiger partial charge >= 0.3 is 5.69 Å². The van der Waals surface area contributed by atoms with Crippen molar-refractivity contribution in [2.45, 2.75) is 32.5 Å². The SMILES string of the molecule is C[C@H]1CCN(C(=O)C2CN(C)Cc3nn(Cc4cncc(Cl)c4)c(=O)n32)C1. The minimum Gasteiger partial charge on any atom is -0.341 e. The summed E-state index contributed by atoms with van der Waals surface area (Å²) in [5.74, 6) is 1.14. The fourth-order valence-corrected chi connectivity index (χ4v) is 4.12. The summed E-state index contributed by atoms with van der Waals surface area (Å²) in [5, 5.41) is 5.00. The van der Waals surface area contributed by atoms with E-state index in [1.54, 1.807) is 23.0 Å². The highest BCUT2D eigenvalue weighted by Gasteiger charge is 2.37. The van der Waals surface area contributed by atoms with Gasteiger partial charge in [0.25, 0.3) is 0 Å². The summed E-state index contributed by atoms with van der Waals surface area (Å²) in [7, 11) is 1.95. The molecule has 1 unspecified atom stereocenters. The average molecular weight is 391 g/mol. The summed E-state index contributed by atoms with van der Waals surface area (Å²) < 4.78 is 2.97. The van der Waals surface area contributed by atoms with Gasteiger partial charge in [0, 0.05) is 32.0 Å². The predicted molar refractivity (Wildman–Crippen MR) is 101 cm³/mol. The Morgan fingerprint density at radius 2 is 2.15 bits per heavy atom. The first-order chi connectivity index (χ1) is 12.9. The Morgan fingerprint density at radius 3 is 2.85 bits per heavy atom. The number of pyridine rings is 1. The van der Waals surface area contributed by atoms with E-state index in [1.807, 2.05) is 16.8 Å². The van der Waals surface area contributed by atoms with Gasteiger partial charge in [-0.15, -0.1) is 0 Å². The van der Waals surface area contributed by atoms with Crippen molar-refractivity contribution in [1.29, 1.82) is 0 Å². The number of fused-ring (bicyclic) bond motifs is 1. The number of halogens is 1. The van der Waals surface area contributed by atoms with Crippen LogP contribution >= 0.6 is 11.6 Å². The highest BCUT2D eigenvalue weighted by Crippen LogP contribution is 2.23. The minimum atomic E-state index is -0.525. The first kappa shape index (κ1) is 18.2. The quantitative estimate of drug-likeness (QED) is 0.781. The maximum Gasteiger partial charge on any atom is 0.347 e. The van der Waals surface area contributed by atoms with E-state index >= 15 is 0 Å². The maximum atomic E-state index is 13.1. The molecule has 9 heteroatoms. The van der Waals surface area contributed by atoms with E-state index in [-0.39, 0.29) is 18.1 Å². The van der Waals surface area contributed by atoms with Crippen LogP contribution in [0.3, 0.4) is 0 Å². The lowest BCUT2D eigenvalue weighted by molar-refractivity contribution is -0.135. The molecule has 0 bridgehead atoms. The second-order valence-corrected chi connectivity index (χ2v) is 8.06. The second kappa shape index (κ2) is 7.09. The molecule has 2 aromatic rings. The Kier molecular flexibility index (Phi) is 4.77. The first-order valence-electron chi connectivity index (χ1n) is 9.17. The van der Waals surface area contributed by atoms with Crippen LogP contribution in [0.4, 0.5) is 0 Å². The summed E-state index contributed by atoms with van der Waals surface area (Å²) >= 11 is 5.99. The molecule has 2 aromatic heterocycles. The molecule has 0 N–H and O–H groups in total. The molecule has 0 aliphatic carbocycles. The number of rotatable bonds is 3. The van der Waals surface area contributed by atoms with Crippen molar-refractivity contribution in [1.82, 2.24) is 29.1 Å². The molecule has 27 heavy (non-hydrogen) atoms. The molecule has 2 aliphatic rings. The summed E-state index contributed by atoms with van der Waals surface area (Å²) in [6, 6.07) is 1.24. The number of hydrogen-bond donors (Lipinski definition) is 0. The zero-order valence-electron chi connectivity index (χ0n) is 15.5. The van der Waals surface area contributed by atoms with E-state index in [0.717, 1.165) is 25.1 Å². The molecule has 1 amide bonds. The summed E-state index contributed by atoms with van der Waals surface area (Å²) in [4.78, 5) is 34.1. The Morgan fingerprint density at radius 1 is 1.33 bits per heavy atom. The lowest BCUT2D eigenvalue weighted by Crippen LogP contribution is -2.47. The van der Waals surface area contributed by atoms with Gasteiger partial charge in [0.05, 0.1) is 18.1 Å². The van der Waals surface area contributed by atoms with Gasteiger partial charge in [0.2, 0.25) is 5.91 Å². The van der Waals surface area contributed by atoms with Gasteiger partial charge in [-0.2, -0.15) is 5.10 Å². The fourth-order valence-electron chi connectivity index (χ4n) is 3.92. The van der Waals surface area contributed by atoms with Crippen LogP contribution in [-0.4, -0.2) is 61.7 Å². The third-order valence-corrected chi connectivity index (χ3v) is 5.47. The molecule has 0 radical (unpaired) electrons. The van der Waals surface area contributed by atoms with Gasteiger partial charge in [0.1, 0.15) is 11.9 Å². The Hall–Kier alpha value is -2.19. The van der Waals surface area contributed by atoms with Gasteiger partial charge in [-0.1, -0.05) is 18.5 Å². The minimum absolute atomic E-state index is 0.0122. The van der Waals surface area contributed by atoms with Gasteiger partial charge in [-0.3, -0.25) is 19.2 Å². The van der Waals surface area contributed by atoms with Crippen molar-refractivity contribution in [3.63, 3.8) is 0 Å². The van der Waals surface area contributed by atoms with Gasteiger partial charge in [-0.25, -0.2) is 9.48 Å². The highest BCUT2D eigenvalue weighted by atomic mass is 35.5. The van der Waals surface area contributed by atoms with Crippen LogP contribution in [0.15, 0.2) is 23.3 Å². The van der Waals surface area contributed by atoms with E-state index in [2.05, 4.69) is 17.0 Å². The molecular weight excluding hydrogens is 368 g/mol. The topological polar surface area (TPSA) is 76.3 Å². The number of aromatic nitrogens is 4. The Labute approximate surface area is 162 Å². The van der Waals surface area contributed by atoms with E-state index in [4.69, 9.17) is 11.6 Å². The molecule has 4 rings (SSSR count). The molecular formula is C18H23ClN6O2. The van der Waals surface area contributed by atoms with Crippen molar-refractivity contribution >= 4 is 17.5 Å². The maximum absolute atomic E-state index is 13.1. The zero-order chi connectivity index (χ0) is 19.1. The van der Waals surface area contributed by atoms with E-state index in [9.17, 15) is 9.59 Å². The molecule has 0 saturated carbocycles. The van der Waals surface area contributed by atoms with E-state index < -0.39 is 6.04 Å². The smallest absolute Gasteiger partial charge is 0.341 e. The van der Waals surface area contributed by atoms with Crippen molar-refractivity contribution in [2.24, 2.45) is 5.92 Å². The van der Waals surface area contributed by atoms with Crippen molar-refractivity contribution in [3.05, 3.63) is 45.4 Å². The number of likely N-dealkylation sites (N-methyl/N-ethyl adjacent to an activating group) is 1. The summed E-state index contributed by atoms with van der Waals surface area (Å²) in [6.07, 6.45) is 4.22. The highest BCUT2D eigenvalue weighted by molar-refractivity contribution is 6.30. The predicted octanol–water partition coefficient (Wildman–Crippen LogP) is 0.996. The van der Waals surface area contributed by atoms with Gasteiger partial charge < -0.3 is 4.90 Å². The molecule has 144 valence electrons. The number of amides is 1. The van der Waals surface area contributed by atoms with Crippen LogP contribution in [-0.2, 0) is 17.9 Å². The van der Waals surface area contributed by atoms with Crippen LogP contribution in [0.1, 0.15) is 30.8 Å². The van der Waals surface area contributed by atoms with Crippen LogP contribution in [0.25, 0.3) is 0 Å². The third kappa shape index (κ3) is 3.51. The van der Waals surface area contributed by atoms with Crippen LogP contribution in [0.2, 0.25) is 5.02 Å². The lowest BCUT2D eigenvalue weighted by atomic mass is 10.1. The monoisotopic (exact) mass is 390 g/mol. The van der Waals surface area contributed by atoms with Crippen molar-refractivity contribution < 1.29 is 4.79 Å². The zero-order valence-corrected chi connectivity index (χ0v) is 16.3. The molecule has 2 aliphatic heterocycles.